The average molecular weight is 623 g/mol. The molecule has 0 N–H and O–H groups in total. The van der Waals surface area contributed by atoms with E-state index in [1.165, 1.54) is 16.2 Å². The van der Waals surface area contributed by atoms with E-state index in [1.54, 1.807) is 0 Å². The first-order chi connectivity index (χ1) is 24.3. The van der Waals surface area contributed by atoms with Gasteiger partial charge in [-0.15, -0.1) is 0 Å². The minimum absolute atomic E-state index is 0.644. The molecule has 3 aromatic heterocycles. The number of pyridine rings is 2. The van der Waals surface area contributed by atoms with Gasteiger partial charge in [-0.05, 0) is 81.2 Å². The number of hydrogen-bond donors (Lipinski definition) is 0. The molecule has 0 saturated carbocycles. The Labute approximate surface area is 281 Å². The summed E-state index contributed by atoms with van der Waals surface area (Å²) in [5, 5.41) is 20.1. The van der Waals surface area contributed by atoms with Crippen LogP contribution in [-0.2, 0) is 0 Å². The predicted octanol–water partition coefficient (Wildman–Crippen LogP) is 11.4. The van der Waals surface area contributed by atoms with Gasteiger partial charge in [-0.2, -0.15) is 5.26 Å². The van der Waals surface area contributed by atoms with Gasteiger partial charge in [-0.3, -0.25) is 4.98 Å². The Morgan fingerprint density at radius 1 is 0.490 bits per heavy atom. The maximum Gasteiger partial charge on any atom is 0.0992 e. The van der Waals surface area contributed by atoms with E-state index in [0.29, 0.717) is 5.56 Å². The monoisotopic (exact) mass is 622 g/mol. The quantitative estimate of drug-likeness (QED) is 0.184. The number of nitrogens with zero attached hydrogens (tertiary/aromatic N) is 4. The van der Waals surface area contributed by atoms with Crippen molar-refractivity contribution >= 4 is 65.0 Å². The smallest absolute Gasteiger partial charge is 0.0992 e. The van der Waals surface area contributed by atoms with Gasteiger partial charge < -0.3 is 4.57 Å². The van der Waals surface area contributed by atoms with E-state index in [-0.39, 0.29) is 0 Å². The Kier molecular flexibility index (Phi) is 5.90. The van der Waals surface area contributed by atoms with Gasteiger partial charge in [0.1, 0.15) is 0 Å². The summed E-state index contributed by atoms with van der Waals surface area (Å²) in [6, 6.07) is 53.3. The van der Waals surface area contributed by atoms with Gasteiger partial charge >= 0.3 is 0 Å². The van der Waals surface area contributed by atoms with E-state index in [9.17, 15) is 5.26 Å². The van der Waals surface area contributed by atoms with E-state index in [1.807, 2.05) is 42.7 Å². The molecule has 0 atom stereocenters. The average Bonchev–Trinajstić information content (AvgIpc) is 3.50. The molecule has 10 aromatic rings. The van der Waals surface area contributed by atoms with Crippen LogP contribution < -0.4 is 0 Å². The highest BCUT2D eigenvalue weighted by molar-refractivity contribution is 6.31. The molecule has 0 aliphatic heterocycles. The predicted molar refractivity (Wildman–Crippen MR) is 202 cm³/mol. The van der Waals surface area contributed by atoms with Crippen LogP contribution in [0.2, 0.25) is 0 Å². The molecule has 3 heterocycles. The van der Waals surface area contributed by atoms with Crippen molar-refractivity contribution in [3.8, 4) is 34.1 Å². The van der Waals surface area contributed by atoms with E-state index in [4.69, 9.17) is 4.98 Å². The largest absolute Gasteiger partial charge is 0.309 e. The highest BCUT2D eigenvalue weighted by Gasteiger charge is 2.18. The fourth-order valence-corrected chi connectivity index (χ4v) is 7.68. The zero-order valence-corrected chi connectivity index (χ0v) is 26.3. The molecule has 0 amide bonds. The number of aromatic nitrogens is 3. The molecule has 4 heteroatoms. The Hall–Kier alpha value is -6.83. The van der Waals surface area contributed by atoms with Crippen molar-refractivity contribution in [3.63, 3.8) is 0 Å². The Bertz CT molecular complexity index is 3000. The Balaban J connectivity index is 1.21. The molecule has 0 aliphatic rings. The van der Waals surface area contributed by atoms with Gasteiger partial charge in [0, 0.05) is 50.6 Å². The molecule has 10 rings (SSSR count). The van der Waals surface area contributed by atoms with Gasteiger partial charge in [-0.1, -0.05) is 97.1 Å². The number of rotatable bonds is 3. The molecule has 0 radical (unpaired) electrons. The number of fused-ring (bicyclic) bond motifs is 11. The molecule has 226 valence electrons. The van der Waals surface area contributed by atoms with Crippen LogP contribution >= 0.6 is 0 Å². The molecule has 7 aromatic carbocycles. The zero-order valence-electron chi connectivity index (χ0n) is 26.3. The number of hydrogen-bond acceptors (Lipinski definition) is 3. The Morgan fingerprint density at radius 3 is 2.04 bits per heavy atom. The minimum Gasteiger partial charge on any atom is -0.309 e. The van der Waals surface area contributed by atoms with Crippen LogP contribution in [0.3, 0.4) is 0 Å². The number of benzene rings is 7. The minimum atomic E-state index is 0.644. The van der Waals surface area contributed by atoms with Crippen molar-refractivity contribution in [1.82, 2.24) is 14.5 Å². The standard InChI is InChI=1S/C45H26N4/c46-26-28-17-19-35-39-25-30(18-20-41(39)49(42(35)23-28)32-11-2-1-3-12-32)29-9-8-10-31(24-29)44-40-27-47-22-21-37(40)43-36-15-6-4-13-33(36)34-14-5-7-16-38(34)45(43)48-44/h1-25,27H. The normalized spacial score (nSPS) is 11.7. The third-order valence-corrected chi connectivity index (χ3v) is 9.85. The van der Waals surface area contributed by atoms with Crippen molar-refractivity contribution in [2.24, 2.45) is 0 Å². The van der Waals surface area contributed by atoms with Crippen molar-refractivity contribution in [2.45, 2.75) is 0 Å². The summed E-state index contributed by atoms with van der Waals surface area (Å²) in [6.07, 6.45) is 3.83. The van der Waals surface area contributed by atoms with Crippen LogP contribution in [0.5, 0.6) is 0 Å². The summed E-state index contributed by atoms with van der Waals surface area (Å²) in [6.45, 7) is 0. The molecule has 0 fully saturated rings. The summed E-state index contributed by atoms with van der Waals surface area (Å²) in [5.74, 6) is 0. The molecule has 0 saturated heterocycles. The van der Waals surface area contributed by atoms with Crippen LogP contribution in [-0.4, -0.2) is 14.5 Å². The fourth-order valence-electron chi connectivity index (χ4n) is 7.68. The Morgan fingerprint density at radius 2 is 1.20 bits per heavy atom. The third-order valence-electron chi connectivity index (χ3n) is 9.85. The van der Waals surface area contributed by atoms with Crippen molar-refractivity contribution in [2.75, 3.05) is 0 Å². The SMILES string of the molecule is N#Cc1ccc2c3cc(-c4cccc(-c5nc6c7ccccc7c7ccccc7c6c6ccncc56)c4)ccc3n(-c3ccccc3)c2c1. The van der Waals surface area contributed by atoms with E-state index < -0.39 is 0 Å². The van der Waals surface area contributed by atoms with Gasteiger partial charge in [0.05, 0.1) is 33.9 Å². The van der Waals surface area contributed by atoms with Crippen LogP contribution in [0.25, 0.3) is 93.1 Å². The molecule has 0 spiro atoms. The second-order valence-electron chi connectivity index (χ2n) is 12.5. The molecule has 4 nitrogen and oxygen atoms in total. The lowest BCUT2D eigenvalue weighted by molar-refractivity contribution is 1.18. The van der Waals surface area contributed by atoms with Crippen LogP contribution in [0, 0.1) is 11.3 Å². The van der Waals surface area contributed by atoms with Crippen LogP contribution in [0.1, 0.15) is 5.56 Å². The van der Waals surface area contributed by atoms with E-state index in [2.05, 4.69) is 131 Å². The first kappa shape index (κ1) is 27.3. The maximum atomic E-state index is 9.70. The van der Waals surface area contributed by atoms with Crippen LogP contribution in [0.4, 0.5) is 0 Å². The van der Waals surface area contributed by atoms with Gasteiger partial charge in [0.2, 0.25) is 0 Å². The summed E-state index contributed by atoms with van der Waals surface area (Å²) in [5.41, 5.74) is 9.01. The summed E-state index contributed by atoms with van der Waals surface area (Å²) in [7, 11) is 0. The lowest BCUT2D eigenvalue weighted by Gasteiger charge is -2.15. The lowest BCUT2D eigenvalue weighted by Crippen LogP contribution is -1.94. The molecule has 49 heavy (non-hydrogen) atoms. The second kappa shape index (κ2) is 10.6. The van der Waals surface area contributed by atoms with Crippen molar-refractivity contribution in [1.29, 1.82) is 5.26 Å². The van der Waals surface area contributed by atoms with Crippen molar-refractivity contribution in [3.05, 3.63) is 164 Å². The van der Waals surface area contributed by atoms with E-state index >= 15 is 0 Å². The van der Waals surface area contributed by atoms with Crippen molar-refractivity contribution < 1.29 is 0 Å². The van der Waals surface area contributed by atoms with Gasteiger partial charge in [0.15, 0.2) is 0 Å². The first-order valence-electron chi connectivity index (χ1n) is 16.4. The molecule has 0 bridgehead atoms. The topological polar surface area (TPSA) is 54.5 Å². The third kappa shape index (κ3) is 4.10. The van der Waals surface area contributed by atoms with E-state index in [0.717, 1.165) is 76.9 Å². The summed E-state index contributed by atoms with van der Waals surface area (Å²) in [4.78, 5) is 10.0. The number of para-hydroxylation sites is 1. The summed E-state index contributed by atoms with van der Waals surface area (Å²) < 4.78 is 2.25. The lowest BCUT2D eigenvalue weighted by atomic mass is 9.92. The highest BCUT2D eigenvalue weighted by Crippen LogP contribution is 2.41. The summed E-state index contributed by atoms with van der Waals surface area (Å²) >= 11 is 0. The first-order valence-corrected chi connectivity index (χ1v) is 16.4. The number of nitriles is 1. The fraction of sp³-hybridized carbons (Fsp3) is 0. The molecule has 0 aliphatic carbocycles. The second-order valence-corrected chi connectivity index (χ2v) is 12.5. The highest BCUT2D eigenvalue weighted by atomic mass is 15.0. The molecular weight excluding hydrogens is 597 g/mol. The van der Waals surface area contributed by atoms with Gasteiger partial charge in [-0.25, -0.2) is 4.98 Å². The zero-order chi connectivity index (χ0) is 32.5. The molecule has 0 unspecified atom stereocenters. The van der Waals surface area contributed by atoms with Gasteiger partial charge in [0.25, 0.3) is 0 Å². The molecular formula is C45H26N4. The maximum absolute atomic E-state index is 9.70. The van der Waals surface area contributed by atoms with Crippen LogP contribution in [0.15, 0.2) is 158 Å².